The van der Waals surface area contributed by atoms with E-state index >= 15 is 0 Å². The van der Waals surface area contributed by atoms with Crippen molar-refractivity contribution < 1.29 is 36.3 Å². The molecule has 2 aliphatic rings. The van der Waals surface area contributed by atoms with Crippen molar-refractivity contribution in [2.45, 2.75) is 69.8 Å². The van der Waals surface area contributed by atoms with Gasteiger partial charge in [0.05, 0.1) is 22.4 Å². The van der Waals surface area contributed by atoms with E-state index in [1.165, 1.54) is 18.2 Å². The second-order valence-corrected chi connectivity index (χ2v) is 14.3. The highest BCUT2D eigenvalue weighted by Crippen LogP contribution is 2.49. The molecular weight excluding hydrogens is 711 g/mol. The molecule has 52 heavy (non-hydrogen) atoms. The van der Waals surface area contributed by atoms with E-state index in [9.17, 15) is 31.5 Å². The molecule has 3 N–H and O–H groups in total. The van der Waals surface area contributed by atoms with Crippen LogP contribution in [0.25, 0.3) is 16.9 Å². The molecule has 0 saturated heterocycles. The fourth-order valence-electron chi connectivity index (χ4n) is 6.32. The van der Waals surface area contributed by atoms with E-state index < -0.39 is 59.6 Å². The summed E-state index contributed by atoms with van der Waals surface area (Å²) in [5.41, 5.74) is 4.16. The Hall–Kier alpha value is -5.12. The van der Waals surface area contributed by atoms with Crippen LogP contribution in [0.3, 0.4) is 0 Å². The highest BCUT2D eigenvalue weighted by atomic mass is 35.5. The third kappa shape index (κ3) is 7.03. The number of amides is 2. The number of nitrogens with one attached hydrogen (secondary N) is 1. The second kappa shape index (κ2) is 13.5. The third-order valence-electron chi connectivity index (χ3n) is 8.90. The number of ether oxygens (including phenoxy) is 1. The number of hydrogen-bond acceptors (Lipinski definition) is 8. The van der Waals surface area contributed by atoms with E-state index in [1.807, 2.05) is 38.2 Å². The highest BCUT2D eigenvalue weighted by Gasteiger charge is 2.64. The molecule has 0 spiro atoms. The summed E-state index contributed by atoms with van der Waals surface area (Å²) in [7, 11) is 0. The van der Waals surface area contributed by atoms with E-state index in [4.69, 9.17) is 27.1 Å². The SMILES string of the molecule is CC(C)(C)C[C@]1(c2ccc(-c3ccccn3)cc2)N=C(N)N([C@H](COC(=O)NC2(C(F)(F)F)CC2)c2ccc(Cl)c(-n3ncnc3C(F)F)c2)C1=O. The lowest BCUT2D eigenvalue weighted by Gasteiger charge is -2.35. The van der Waals surface area contributed by atoms with Gasteiger partial charge in [-0.05, 0) is 60.1 Å². The van der Waals surface area contributed by atoms with E-state index in [2.05, 4.69) is 15.1 Å². The molecule has 4 aromatic rings. The van der Waals surface area contributed by atoms with Crippen molar-refractivity contribution in [3.63, 3.8) is 0 Å². The lowest BCUT2D eigenvalue weighted by Crippen LogP contribution is -2.50. The quantitative estimate of drug-likeness (QED) is 0.163. The molecule has 1 aliphatic heterocycles. The smallest absolute Gasteiger partial charge is 0.411 e. The molecule has 2 aromatic heterocycles. The van der Waals surface area contributed by atoms with Crippen molar-refractivity contribution in [2.75, 3.05) is 6.61 Å². The van der Waals surface area contributed by atoms with Crippen LogP contribution in [0.2, 0.25) is 5.02 Å². The zero-order valence-electron chi connectivity index (χ0n) is 28.2. The van der Waals surface area contributed by atoms with Crippen molar-refractivity contribution in [3.05, 3.63) is 95.2 Å². The molecule has 0 unspecified atom stereocenters. The number of rotatable bonds is 10. The topological polar surface area (TPSA) is 141 Å². The number of nitrogens with two attached hydrogens (primary N) is 1. The number of alkyl carbamates (subject to hydrolysis) is 1. The number of aliphatic imine (C=N–C) groups is 1. The van der Waals surface area contributed by atoms with Gasteiger partial charge >= 0.3 is 12.3 Å². The molecule has 11 nitrogen and oxygen atoms in total. The number of carbonyl (C=O) groups excluding carboxylic acids is 2. The molecular formula is C35H34ClF5N8O3. The summed E-state index contributed by atoms with van der Waals surface area (Å²) in [4.78, 5) is 41.6. The largest absolute Gasteiger partial charge is 0.447 e. The summed E-state index contributed by atoms with van der Waals surface area (Å²) in [6.07, 6.45) is -7.02. The minimum absolute atomic E-state index is 0.0149. The van der Waals surface area contributed by atoms with Crippen LogP contribution in [0, 0.1) is 5.41 Å². The van der Waals surface area contributed by atoms with Crippen LogP contribution in [0.15, 0.2) is 78.2 Å². The Kier molecular flexibility index (Phi) is 9.49. The van der Waals surface area contributed by atoms with Crippen molar-refractivity contribution >= 4 is 29.6 Å². The number of pyridine rings is 1. The van der Waals surface area contributed by atoms with Gasteiger partial charge in [-0.3, -0.25) is 14.7 Å². The maximum atomic E-state index is 14.9. The van der Waals surface area contributed by atoms with Crippen molar-refractivity contribution in [1.82, 2.24) is 30.0 Å². The number of nitrogens with zero attached hydrogens (tertiary/aromatic N) is 6. The van der Waals surface area contributed by atoms with Crippen LogP contribution in [-0.2, 0) is 15.1 Å². The maximum Gasteiger partial charge on any atom is 0.411 e. The van der Waals surface area contributed by atoms with Gasteiger partial charge in [0.25, 0.3) is 12.3 Å². The molecule has 0 radical (unpaired) electrons. The summed E-state index contributed by atoms with van der Waals surface area (Å²) in [6.45, 7) is 5.05. The van der Waals surface area contributed by atoms with Crippen LogP contribution < -0.4 is 11.1 Å². The first-order valence-electron chi connectivity index (χ1n) is 16.2. The summed E-state index contributed by atoms with van der Waals surface area (Å²) < 4.78 is 74.7. The standard InChI is InChI=1S/C35H34ClF5N8O3/c1-32(2,3)18-34(22-10-7-20(8-11-22)24-6-4-5-15-43-24)29(50)48(30(42)46-34)26(17-52-31(51)47-33(13-14-33)35(39,40)41)21-9-12-23(36)25(16-21)49-28(27(37)38)44-19-45-49/h4-12,15-16,19,26-27H,13-14,17-18H2,1-3H3,(H2,42,46)(H,47,51)/t26-,34-/m1/s1. The molecule has 1 saturated carbocycles. The number of alkyl halides is 5. The molecule has 2 amide bonds. The number of carbonyl (C=O) groups is 2. The van der Waals surface area contributed by atoms with Crippen LogP contribution in [-0.4, -0.2) is 60.9 Å². The van der Waals surface area contributed by atoms with Gasteiger partial charge in [0, 0.05) is 11.8 Å². The molecule has 1 aliphatic carbocycles. The Morgan fingerprint density at radius 1 is 1.06 bits per heavy atom. The predicted molar refractivity (Wildman–Crippen MR) is 180 cm³/mol. The van der Waals surface area contributed by atoms with Gasteiger partial charge in [0.1, 0.15) is 18.5 Å². The normalized spacial score (nSPS) is 19.1. The highest BCUT2D eigenvalue weighted by molar-refractivity contribution is 6.32. The minimum atomic E-state index is -4.71. The Morgan fingerprint density at radius 2 is 1.77 bits per heavy atom. The summed E-state index contributed by atoms with van der Waals surface area (Å²) in [5, 5.41) is 5.76. The molecule has 17 heteroatoms. The monoisotopic (exact) mass is 744 g/mol. The first-order chi connectivity index (χ1) is 24.4. The van der Waals surface area contributed by atoms with Crippen molar-refractivity contribution in [3.8, 4) is 16.9 Å². The van der Waals surface area contributed by atoms with Crippen molar-refractivity contribution in [1.29, 1.82) is 0 Å². The molecule has 6 rings (SSSR count). The van der Waals surface area contributed by atoms with Gasteiger partial charge in [0.15, 0.2) is 17.3 Å². The average Bonchev–Trinajstić information content (AvgIpc) is 3.63. The molecule has 3 heterocycles. The average molecular weight is 745 g/mol. The predicted octanol–water partition coefficient (Wildman–Crippen LogP) is 7.27. The number of guanidine groups is 1. The minimum Gasteiger partial charge on any atom is -0.447 e. The molecule has 274 valence electrons. The Balaban J connectivity index is 1.41. The number of aromatic nitrogens is 4. The van der Waals surface area contributed by atoms with Gasteiger partial charge in [0.2, 0.25) is 0 Å². The fraction of sp³-hybridized carbons (Fsp3) is 0.371. The lowest BCUT2D eigenvalue weighted by atomic mass is 9.75. The second-order valence-electron chi connectivity index (χ2n) is 13.9. The fourth-order valence-corrected chi connectivity index (χ4v) is 6.52. The molecule has 1 fully saturated rings. The lowest BCUT2D eigenvalue weighted by molar-refractivity contribution is -0.164. The van der Waals surface area contributed by atoms with Crippen LogP contribution in [0.5, 0.6) is 0 Å². The summed E-state index contributed by atoms with van der Waals surface area (Å²) in [6, 6.07) is 15.4. The van der Waals surface area contributed by atoms with Gasteiger partial charge < -0.3 is 15.8 Å². The number of hydrogen-bond donors (Lipinski definition) is 2. The number of benzene rings is 2. The van der Waals surface area contributed by atoms with E-state index in [-0.39, 0.29) is 41.5 Å². The van der Waals surface area contributed by atoms with Crippen LogP contribution >= 0.6 is 11.6 Å². The molecule has 2 aromatic carbocycles. The summed E-state index contributed by atoms with van der Waals surface area (Å²) >= 11 is 6.42. The Bertz CT molecular complexity index is 2000. The molecule has 2 atom stereocenters. The van der Waals surface area contributed by atoms with Crippen LogP contribution in [0.1, 0.15) is 69.5 Å². The van der Waals surface area contributed by atoms with Crippen molar-refractivity contribution in [2.24, 2.45) is 16.1 Å². The van der Waals surface area contributed by atoms with Gasteiger partial charge in [-0.1, -0.05) is 68.8 Å². The molecule has 0 bridgehead atoms. The van der Waals surface area contributed by atoms with E-state index in [1.54, 1.807) is 36.5 Å². The summed E-state index contributed by atoms with van der Waals surface area (Å²) in [5.74, 6) is -1.60. The van der Waals surface area contributed by atoms with E-state index in [0.717, 1.165) is 21.5 Å². The van der Waals surface area contributed by atoms with Gasteiger partial charge in [-0.15, -0.1) is 0 Å². The van der Waals surface area contributed by atoms with Crippen LogP contribution in [0.4, 0.5) is 26.7 Å². The third-order valence-corrected chi connectivity index (χ3v) is 9.22. The first kappa shape index (κ1) is 36.7. The Morgan fingerprint density at radius 3 is 2.37 bits per heavy atom. The maximum absolute atomic E-state index is 14.9. The zero-order chi connectivity index (χ0) is 37.6. The zero-order valence-corrected chi connectivity index (χ0v) is 28.9. The van der Waals surface area contributed by atoms with Gasteiger partial charge in [-0.25, -0.2) is 28.2 Å². The Labute approximate surface area is 300 Å². The number of halogens is 6. The van der Waals surface area contributed by atoms with E-state index in [0.29, 0.717) is 11.3 Å². The van der Waals surface area contributed by atoms with Gasteiger partial charge in [-0.2, -0.15) is 18.3 Å². The first-order valence-corrected chi connectivity index (χ1v) is 16.5.